The predicted octanol–water partition coefficient (Wildman–Crippen LogP) is 3.91. The molecule has 2 aliphatic rings. The highest BCUT2D eigenvalue weighted by molar-refractivity contribution is 5.94. The second-order valence-corrected chi connectivity index (χ2v) is 9.49. The lowest BCUT2D eigenvalue weighted by Gasteiger charge is -2.41. The van der Waals surface area contributed by atoms with Gasteiger partial charge in [0.1, 0.15) is 0 Å². The number of rotatable bonds is 5. The highest BCUT2D eigenvalue weighted by Crippen LogP contribution is 2.52. The maximum absolute atomic E-state index is 13.3. The van der Waals surface area contributed by atoms with Gasteiger partial charge in [-0.05, 0) is 50.5 Å². The Morgan fingerprint density at radius 1 is 1.18 bits per heavy atom. The number of aromatic nitrogens is 2. The first-order valence-corrected chi connectivity index (χ1v) is 11.4. The summed E-state index contributed by atoms with van der Waals surface area (Å²) in [6.07, 6.45) is 6.49. The van der Waals surface area contributed by atoms with Gasteiger partial charge >= 0.3 is 0 Å². The van der Waals surface area contributed by atoms with E-state index in [1.54, 1.807) is 23.4 Å². The highest BCUT2D eigenvalue weighted by Gasteiger charge is 2.54. The third-order valence-corrected chi connectivity index (χ3v) is 7.03. The molecule has 5 rings (SSSR count). The number of carbonyl (C=O) groups excluding carboxylic acids is 2. The molecule has 3 aromatic rings. The lowest BCUT2D eigenvalue weighted by atomic mass is 9.62. The van der Waals surface area contributed by atoms with Gasteiger partial charge in [0, 0.05) is 49.1 Å². The molecule has 1 saturated carbocycles. The van der Waals surface area contributed by atoms with E-state index >= 15 is 0 Å². The molecule has 1 saturated heterocycles. The van der Waals surface area contributed by atoms with Crippen molar-refractivity contribution in [2.45, 2.75) is 39.7 Å². The average molecular weight is 445 g/mol. The van der Waals surface area contributed by atoms with Crippen molar-refractivity contribution in [1.82, 2.24) is 20.4 Å². The number of aryl methyl sites for hydroxylation is 2. The smallest absolute Gasteiger partial charge is 0.276 e. The van der Waals surface area contributed by atoms with Crippen LogP contribution in [0.5, 0.6) is 0 Å². The molecule has 33 heavy (non-hydrogen) atoms. The lowest BCUT2D eigenvalue weighted by Crippen LogP contribution is -2.45. The summed E-state index contributed by atoms with van der Waals surface area (Å²) in [5.41, 5.74) is 4.27. The van der Waals surface area contributed by atoms with E-state index in [2.05, 4.69) is 21.5 Å². The Morgan fingerprint density at radius 3 is 2.64 bits per heavy atom. The standard InChI is InChI=1S/C26H28N4O3/c1-17-9-18(2)11-20(10-17)23-12-22(29-33-23)25(32)30-15-21(26(16-30)6-4-7-26)24(31)28-14-19-5-3-8-27-13-19/h3,5,8-13,21H,4,6-7,14-16H2,1-2H3,(H,28,31). The first kappa shape index (κ1) is 21.4. The molecule has 0 bridgehead atoms. The summed E-state index contributed by atoms with van der Waals surface area (Å²) >= 11 is 0. The molecule has 7 heteroatoms. The first-order chi connectivity index (χ1) is 15.9. The molecule has 2 amide bonds. The van der Waals surface area contributed by atoms with Crippen LogP contribution in [0.3, 0.4) is 0 Å². The van der Waals surface area contributed by atoms with Gasteiger partial charge in [0.15, 0.2) is 11.5 Å². The van der Waals surface area contributed by atoms with E-state index in [-0.39, 0.29) is 28.8 Å². The van der Waals surface area contributed by atoms with E-state index < -0.39 is 0 Å². The molecule has 1 aliphatic heterocycles. The van der Waals surface area contributed by atoms with Crippen LogP contribution in [0.2, 0.25) is 0 Å². The largest absolute Gasteiger partial charge is 0.355 e. The third-order valence-electron chi connectivity index (χ3n) is 7.03. The maximum Gasteiger partial charge on any atom is 0.276 e. The molecule has 3 heterocycles. The lowest BCUT2D eigenvalue weighted by molar-refractivity contribution is -0.129. The fraction of sp³-hybridized carbons (Fsp3) is 0.385. The Kier molecular flexibility index (Phi) is 5.48. The van der Waals surface area contributed by atoms with Crippen LogP contribution < -0.4 is 5.32 Å². The number of nitrogens with one attached hydrogen (secondary N) is 1. The summed E-state index contributed by atoms with van der Waals surface area (Å²) in [5, 5.41) is 7.11. The topological polar surface area (TPSA) is 88.3 Å². The summed E-state index contributed by atoms with van der Waals surface area (Å²) < 4.78 is 5.51. The third kappa shape index (κ3) is 4.15. The molecule has 170 valence electrons. The van der Waals surface area contributed by atoms with E-state index in [1.807, 2.05) is 38.1 Å². The maximum atomic E-state index is 13.3. The molecule has 2 fully saturated rings. The molecule has 1 aliphatic carbocycles. The van der Waals surface area contributed by atoms with Crippen LogP contribution in [0, 0.1) is 25.2 Å². The van der Waals surface area contributed by atoms with Crippen molar-refractivity contribution in [3.8, 4) is 11.3 Å². The predicted molar refractivity (Wildman–Crippen MR) is 123 cm³/mol. The Labute approximate surface area is 193 Å². The van der Waals surface area contributed by atoms with Gasteiger partial charge in [-0.2, -0.15) is 0 Å². The number of carbonyl (C=O) groups is 2. The van der Waals surface area contributed by atoms with Crippen molar-refractivity contribution in [1.29, 1.82) is 0 Å². The summed E-state index contributed by atoms with van der Waals surface area (Å²) in [7, 11) is 0. The minimum atomic E-state index is -0.210. The molecular weight excluding hydrogens is 416 g/mol. The summed E-state index contributed by atoms with van der Waals surface area (Å²) in [4.78, 5) is 32.2. The molecule has 0 radical (unpaired) electrons. The number of hydrogen-bond acceptors (Lipinski definition) is 5. The fourth-order valence-corrected chi connectivity index (χ4v) is 5.23. The van der Waals surface area contributed by atoms with E-state index in [0.29, 0.717) is 25.4 Å². The summed E-state index contributed by atoms with van der Waals surface area (Å²) in [6, 6.07) is 11.6. The Morgan fingerprint density at radius 2 is 1.97 bits per heavy atom. The van der Waals surface area contributed by atoms with E-state index in [0.717, 1.165) is 41.5 Å². The van der Waals surface area contributed by atoms with Gasteiger partial charge in [0.25, 0.3) is 5.91 Å². The molecule has 7 nitrogen and oxygen atoms in total. The number of amides is 2. The molecular formula is C26H28N4O3. The van der Waals surface area contributed by atoms with E-state index in [1.165, 1.54) is 0 Å². The van der Waals surface area contributed by atoms with Crippen LogP contribution in [0.4, 0.5) is 0 Å². The number of hydrogen-bond donors (Lipinski definition) is 1. The highest BCUT2D eigenvalue weighted by atomic mass is 16.5. The van der Waals surface area contributed by atoms with Gasteiger partial charge in [-0.1, -0.05) is 34.8 Å². The van der Waals surface area contributed by atoms with Crippen molar-refractivity contribution in [2.75, 3.05) is 13.1 Å². The van der Waals surface area contributed by atoms with Gasteiger partial charge in [0.2, 0.25) is 5.91 Å². The van der Waals surface area contributed by atoms with Gasteiger partial charge in [0.05, 0.1) is 5.92 Å². The van der Waals surface area contributed by atoms with Crippen molar-refractivity contribution < 1.29 is 14.1 Å². The number of nitrogens with zero attached hydrogens (tertiary/aromatic N) is 3. The van der Waals surface area contributed by atoms with Gasteiger partial charge in [-0.3, -0.25) is 14.6 Å². The van der Waals surface area contributed by atoms with E-state index in [9.17, 15) is 9.59 Å². The van der Waals surface area contributed by atoms with Crippen LogP contribution in [0.25, 0.3) is 11.3 Å². The van der Waals surface area contributed by atoms with Crippen molar-refractivity contribution in [3.05, 3.63) is 71.2 Å². The first-order valence-electron chi connectivity index (χ1n) is 11.4. The molecule has 2 aromatic heterocycles. The summed E-state index contributed by atoms with van der Waals surface area (Å²) in [6.45, 7) is 5.49. The molecule has 1 N–H and O–H groups in total. The van der Waals surface area contributed by atoms with Crippen molar-refractivity contribution in [2.24, 2.45) is 11.3 Å². The van der Waals surface area contributed by atoms with Gasteiger partial charge in [-0.15, -0.1) is 0 Å². The van der Waals surface area contributed by atoms with Crippen molar-refractivity contribution >= 4 is 11.8 Å². The zero-order chi connectivity index (χ0) is 23.0. The SMILES string of the molecule is Cc1cc(C)cc(-c2cc(C(=O)N3CC(C(=O)NCc4cccnc4)C4(CCC4)C3)no2)c1. The summed E-state index contributed by atoms with van der Waals surface area (Å²) in [5.74, 6) is 0.194. The molecule has 1 spiro atoms. The minimum Gasteiger partial charge on any atom is -0.355 e. The van der Waals surface area contributed by atoms with Gasteiger partial charge in [-0.25, -0.2) is 0 Å². The second kappa shape index (κ2) is 8.46. The molecule has 1 atom stereocenters. The Hall–Kier alpha value is -3.48. The second-order valence-electron chi connectivity index (χ2n) is 9.49. The zero-order valence-electron chi connectivity index (χ0n) is 19.0. The molecule has 1 unspecified atom stereocenters. The number of benzene rings is 1. The molecule has 1 aromatic carbocycles. The van der Waals surface area contributed by atoms with Crippen LogP contribution in [0.15, 0.2) is 53.3 Å². The van der Waals surface area contributed by atoms with Crippen molar-refractivity contribution in [3.63, 3.8) is 0 Å². The van der Waals surface area contributed by atoms with Crippen LogP contribution in [0.1, 0.15) is 46.4 Å². The Balaban J connectivity index is 1.29. The average Bonchev–Trinajstić information content (AvgIpc) is 3.43. The zero-order valence-corrected chi connectivity index (χ0v) is 19.0. The quantitative estimate of drug-likeness (QED) is 0.645. The van der Waals surface area contributed by atoms with Gasteiger partial charge < -0.3 is 14.7 Å². The van der Waals surface area contributed by atoms with Crippen LogP contribution >= 0.6 is 0 Å². The van der Waals surface area contributed by atoms with E-state index in [4.69, 9.17) is 4.52 Å². The monoisotopic (exact) mass is 444 g/mol. The number of pyridine rings is 1. The van der Waals surface area contributed by atoms with Crippen LogP contribution in [-0.2, 0) is 11.3 Å². The minimum absolute atomic E-state index is 0.00457. The normalized spacial score (nSPS) is 18.8. The Bertz CT molecular complexity index is 1160. The number of likely N-dealkylation sites (tertiary alicyclic amines) is 1. The fourth-order valence-electron chi connectivity index (χ4n) is 5.23. The van der Waals surface area contributed by atoms with Crippen LogP contribution in [-0.4, -0.2) is 39.9 Å².